The van der Waals surface area contributed by atoms with Crippen molar-refractivity contribution in [3.63, 3.8) is 0 Å². The largest absolute Gasteiger partial charge is 0.480 e. The van der Waals surface area contributed by atoms with Crippen molar-refractivity contribution in [1.29, 1.82) is 0 Å². The van der Waals surface area contributed by atoms with E-state index in [4.69, 9.17) is 5.11 Å². The molecule has 0 spiro atoms. The fourth-order valence-corrected chi connectivity index (χ4v) is 3.32. The van der Waals surface area contributed by atoms with Crippen LogP contribution in [0, 0.1) is 0 Å². The van der Waals surface area contributed by atoms with E-state index in [0.717, 1.165) is 19.4 Å². The van der Waals surface area contributed by atoms with Crippen LogP contribution in [0.1, 0.15) is 19.3 Å². The van der Waals surface area contributed by atoms with E-state index in [1.165, 1.54) is 16.7 Å². The molecular weight excluding hydrogens is 228 g/mol. The Kier molecular flexibility index (Phi) is 3.70. The number of aliphatic carboxylic acids is 1. The lowest BCUT2D eigenvalue weighted by atomic mass is 10.1. The van der Waals surface area contributed by atoms with Crippen LogP contribution in [0.4, 0.5) is 0 Å². The van der Waals surface area contributed by atoms with Crippen LogP contribution in [0.25, 0.3) is 0 Å². The highest BCUT2D eigenvalue weighted by Crippen LogP contribution is 2.23. The number of hydrogen-bond donors (Lipinski definition) is 2. The number of hydrogen-bond acceptors (Lipinski definition) is 4. The van der Waals surface area contributed by atoms with Crippen molar-refractivity contribution in [3.8, 4) is 0 Å². The summed E-state index contributed by atoms with van der Waals surface area (Å²) < 4.78 is 0. The summed E-state index contributed by atoms with van der Waals surface area (Å²) in [7, 11) is 0. The first-order chi connectivity index (χ1) is 7.68. The molecule has 2 fully saturated rings. The Labute approximate surface area is 98.6 Å². The van der Waals surface area contributed by atoms with Gasteiger partial charge in [0, 0.05) is 18.2 Å². The van der Waals surface area contributed by atoms with Gasteiger partial charge in [0.2, 0.25) is 5.91 Å². The van der Waals surface area contributed by atoms with Gasteiger partial charge in [0.15, 0.2) is 0 Å². The summed E-state index contributed by atoms with van der Waals surface area (Å²) in [5.41, 5.74) is 0. The van der Waals surface area contributed by atoms with E-state index in [0.29, 0.717) is 18.1 Å². The van der Waals surface area contributed by atoms with Gasteiger partial charge >= 0.3 is 5.97 Å². The maximum absolute atomic E-state index is 11.9. The molecule has 6 heteroatoms. The Balaban J connectivity index is 1.90. The zero-order chi connectivity index (χ0) is 11.5. The fraction of sp³-hybridized carbons (Fsp3) is 0.800. The fourth-order valence-electron chi connectivity index (χ4n) is 2.15. The third-order valence-corrected chi connectivity index (χ3v) is 4.08. The number of rotatable bonds is 3. The molecule has 2 heterocycles. The Morgan fingerprint density at radius 2 is 2.31 bits per heavy atom. The second-order valence-corrected chi connectivity index (χ2v) is 5.21. The van der Waals surface area contributed by atoms with Gasteiger partial charge in [-0.15, -0.1) is 11.8 Å². The van der Waals surface area contributed by atoms with Crippen LogP contribution >= 0.6 is 11.8 Å². The lowest BCUT2D eigenvalue weighted by molar-refractivity contribution is -0.147. The molecule has 0 aromatic heterocycles. The minimum atomic E-state index is -0.891. The van der Waals surface area contributed by atoms with Crippen LogP contribution in [0.3, 0.4) is 0 Å². The van der Waals surface area contributed by atoms with Gasteiger partial charge in [-0.05, 0) is 19.4 Å². The minimum Gasteiger partial charge on any atom is -0.480 e. The molecule has 0 bridgehead atoms. The number of carboxylic acids is 1. The molecule has 16 heavy (non-hydrogen) atoms. The highest BCUT2D eigenvalue weighted by molar-refractivity contribution is 7.99. The van der Waals surface area contributed by atoms with E-state index in [9.17, 15) is 9.59 Å². The summed E-state index contributed by atoms with van der Waals surface area (Å²) in [6.07, 6.45) is 2.56. The molecule has 2 saturated heterocycles. The third-order valence-electron chi connectivity index (χ3n) is 3.07. The maximum Gasteiger partial charge on any atom is 0.327 e. The molecule has 2 N–H and O–H groups in total. The molecular formula is C10H16N2O3S. The van der Waals surface area contributed by atoms with Crippen molar-refractivity contribution in [2.24, 2.45) is 0 Å². The van der Waals surface area contributed by atoms with Crippen LogP contribution in [-0.4, -0.2) is 52.1 Å². The van der Waals surface area contributed by atoms with Crippen LogP contribution in [0.2, 0.25) is 0 Å². The number of thioether (sulfide) groups is 1. The van der Waals surface area contributed by atoms with Crippen molar-refractivity contribution in [2.45, 2.75) is 31.3 Å². The van der Waals surface area contributed by atoms with Crippen LogP contribution in [-0.2, 0) is 9.59 Å². The van der Waals surface area contributed by atoms with E-state index in [1.54, 1.807) is 0 Å². The highest BCUT2D eigenvalue weighted by atomic mass is 32.2. The molecule has 0 aliphatic carbocycles. The molecule has 90 valence electrons. The molecule has 0 saturated carbocycles. The summed E-state index contributed by atoms with van der Waals surface area (Å²) in [5, 5.41) is 12.2. The first-order valence-corrected chi connectivity index (χ1v) is 6.67. The molecule has 2 aliphatic rings. The van der Waals surface area contributed by atoms with Crippen LogP contribution in [0.15, 0.2) is 0 Å². The molecule has 0 aromatic rings. The number of carbonyl (C=O) groups is 2. The zero-order valence-corrected chi connectivity index (χ0v) is 9.83. The summed E-state index contributed by atoms with van der Waals surface area (Å²) in [6, 6.07) is -0.383. The number of carbonyl (C=O) groups excluding carboxylic acids is 1. The second kappa shape index (κ2) is 5.05. The normalized spacial score (nSPS) is 29.6. The lowest BCUT2D eigenvalue weighted by Crippen LogP contribution is -2.43. The van der Waals surface area contributed by atoms with Crippen molar-refractivity contribution >= 4 is 23.6 Å². The Bertz CT molecular complexity index is 292. The molecule has 2 rings (SSSR count). The molecule has 2 unspecified atom stereocenters. The third kappa shape index (κ3) is 2.49. The first-order valence-electron chi connectivity index (χ1n) is 5.52. The SMILES string of the molecule is O=C(O)C1CSCN1C(=O)CC1CCCN1. The predicted octanol–water partition coefficient (Wildman–Crippen LogP) is 0.115. The van der Waals surface area contributed by atoms with Gasteiger partial charge in [-0.2, -0.15) is 0 Å². The number of amides is 1. The number of nitrogens with one attached hydrogen (secondary N) is 1. The number of nitrogens with zero attached hydrogens (tertiary/aromatic N) is 1. The summed E-state index contributed by atoms with van der Waals surface area (Å²) in [5.74, 6) is 0.108. The van der Waals surface area contributed by atoms with E-state index in [-0.39, 0.29) is 11.9 Å². The van der Waals surface area contributed by atoms with Crippen LogP contribution in [0.5, 0.6) is 0 Å². The topological polar surface area (TPSA) is 69.6 Å². The van der Waals surface area contributed by atoms with E-state index in [2.05, 4.69) is 5.32 Å². The van der Waals surface area contributed by atoms with Crippen molar-refractivity contribution in [2.75, 3.05) is 18.2 Å². The average molecular weight is 244 g/mol. The molecule has 0 radical (unpaired) electrons. The smallest absolute Gasteiger partial charge is 0.327 e. The van der Waals surface area contributed by atoms with Gasteiger partial charge in [-0.1, -0.05) is 0 Å². The average Bonchev–Trinajstić information content (AvgIpc) is 2.86. The molecule has 2 atom stereocenters. The van der Waals surface area contributed by atoms with Crippen molar-refractivity contribution in [3.05, 3.63) is 0 Å². The van der Waals surface area contributed by atoms with E-state index >= 15 is 0 Å². The quantitative estimate of drug-likeness (QED) is 0.737. The molecule has 5 nitrogen and oxygen atoms in total. The van der Waals surface area contributed by atoms with Crippen molar-refractivity contribution in [1.82, 2.24) is 10.2 Å². The van der Waals surface area contributed by atoms with Gasteiger partial charge in [0.05, 0.1) is 5.88 Å². The Morgan fingerprint density at radius 3 is 2.94 bits per heavy atom. The van der Waals surface area contributed by atoms with Gasteiger partial charge in [0.1, 0.15) is 6.04 Å². The van der Waals surface area contributed by atoms with Gasteiger partial charge in [-0.3, -0.25) is 4.79 Å². The standard InChI is InChI=1S/C10H16N2O3S/c13-9(4-7-2-1-3-11-7)12-6-16-5-8(12)10(14)15/h7-8,11H,1-6H2,(H,14,15). The van der Waals surface area contributed by atoms with Crippen LogP contribution < -0.4 is 5.32 Å². The molecule has 1 amide bonds. The predicted molar refractivity (Wildman–Crippen MR) is 61.2 cm³/mol. The second-order valence-electron chi connectivity index (χ2n) is 4.21. The van der Waals surface area contributed by atoms with E-state index in [1.807, 2.05) is 0 Å². The highest BCUT2D eigenvalue weighted by Gasteiger charge is 2.35. The van der Waals surface area contributed by atoms with Gasteiger partial charge in [-0.25, -0.2) is 4.79 Å². The Hall–Kier alpha value is -0.750. The van der Waals surface area contributed by atoms with Crippen molar-refractivity contribution < 1.29 is 14.7 Å². The summed E-state index contributed by atoms with van der Waals surface area (Å²) in [6.45, 7) is 0.967. The van der Waals surface area contributed by atoms with Gasteiger partial charge < -0.3 is 15.3 Å². The maximum atomic E-state index is 11.9. The monoisotopic (exact) mass is 244 g/mol. The summed E-state index contributed by atoms with van der Waals surface area (Å²) in [4.78, 5) is 24.3. The number of carboxylic acid groups (broad SMARTS) is 1. The summed E-state index contributed by atoms with van der Waals surface area (Å²) >= 11 is 1.51. The zero-order valence-electron chi connectivity index (χ0n) is 9.02. The lowest BCUT2D eigenvalue weighted by Gasteiger charge is -2.22. The minimum absolute atomic E-state index is 0.0307. The molecule has 2 aliphatic heterocycles. The van der Waals surface area contributed by atoms with E-state index < -0.39 is 12.0 Å². The molecule has 0 aromatic carbocycles. The Morgan fingerprint density at radius 1 is 1.50 bits per heavy atom. The first kappa shape index (κ1) is 11.7. The van der Waals surface area contributed by atoms with Gasteiger partial charge in [0.25, 0.3) is 0 Å².